The number of hydrogen-bond acceptors (Lipinski definition) is 13. The molecule has 0 aliphatic heterocycles. The highest BCUT2D eigenvalue weighted by molar-refractivity contribution is 5.99. The van der Waals surface area contributed by atoms with Gasteiger partial charge in [0.1, 0.15) is 54.1 Å². The summed E-state index contributed by atoms with van der Waals surface area (Å²) in [5.74, 6) is -13.6. The van der Waals surface area contributed by atoms with Crippen LogP contribution < -0.4 is 53.6 Å². The Labute approximate surface area is 393 Å². The number of aromatic hydroxyl groups is 1. The number of carboxylic acids is 2. The monoisotopic (exact) mass is 962 g/mol. The number of aliphatic carboxylic acids is 2. The van der Waals surface area contributed by atoms with Gasteiger partial charge in [-0.3, -0.25) is 52.7 Å². The van der Waals surface area contributed by atoms with E-state index in [4.69, 9.17) is 5.73 Å². The van der Waals surface area contributed by atoms with Crippen molar-refractivity contribution in [1.29, 1.82) is 0 Å². The highest BCUT2D eigenvalue weighted by Crippen LogP contribution is 2.13. The summed E-state index contributed by atoms with van der Waals surface area (Å²) in [6.07, 6.45) is -1.85. The molecule has 25 nitrogen and oxygen atoms in total. The van der Waals surface area contributed by atoms with E-state index in [2.05, 4.69) is 47.9 Å². The molecular weight excluding hydrogens is 897 g/mol. The van der Waals surface area contributed by atoms with Crippen LogP contribution in [0.3, 0.4) is 0 Å². The van der Waals surface area contributed by atoms with Crippen molar-refractivity contribution < 1.29 is 72.9 Å². The molecule has 8 atom stereocenters. The Balaban J connectivity index is 2.99. The molecule has 10 amide bonds. The van der Waals surface area contributed by atoms with Crippen molar-refractivity contribution in [3.8, 4) is 5.75 Å². The Kier molecular flexibility index (Phi) is 24.1. The number of phenols is 1. The van der Waals surface area contributed by atoms with E-state index >= 15 is 0 Å². The van der Waals surface area contributed by atoms with Crippen molar-refractivity contribution in [2.75, 3.05) is 6.54 Å². The second-order valence-corrected chi connectivity index (χ2v) is 17.2. The van der Waals surface area contributed by atoms with E-state index in [9.17, 15) is 72.9 Å². The average molecular weight is 963 g/mol. The van der Waals surface area contributed by atoms with Gasteiger partial charge in [0.05, 0.1) is 19.4 Å². The molecule has 0 fully saturated rings. The molecule has 0 unspecified atom stereocenters. The van der Waals surface area contributed by atoms with Crippen molar-refractivity contribution in [1.82, 2.24) is 47.9 Å². The molecular formula is C43H66N10O15. The lowest BCUT2D eigenvalue weighted by atomic mass is 9.99. The summed E-state index contributed by atoms with van der Waals surface area (Å²) in [7, 11) is 0. The number of carbonyl (C=O) groups is 12. The van der Waals surface area contributed by atoms with Gasteiger partial charge in [0.25, 0.3) is 0 Å². The summed E-state index contributed by atoms with van der Waals surface area (Å²) in [6.45, 7) is 12.8. The minimum absolute atomic E-state index is 0.00157. The quantitative estimate of drug-likeness (QED) is 0.0393. The number of phenolic OH excluding ortho intramolecular Hbond substituents is 1. The van der Waals surface area contributed by atoms with E-state index in [-0.39, 0.29) is 24.5 Å². The van der Waals surface area contributed by atoms with Gasteiger partial charge in [-0.2, -0.15) is 0 Å². The van der Waals surface area contributed by atoms with Crippen LogP contribution in [0.5, 0.6) is 5.75 Å². The number of amides is 10. The molecule has 1 aromatic rings. The number of benzene rings is 1. The van der Waals surface area contributed by atoms with Crippen LogP contribution >= 0.6 is 0 Å². The molecule has 378 valence electrons. The molecule has 0 aromatic heterocycles. The Morgan fingerprint density at radius 1 is 0.529 bits per heavy atom. The molecule has 0 bridgehead atoms. The van der Waals surface area contributed by atoms with E-state index in [1.165, 1.54) is 46.8 Å². The number of primary amides is 1. The third-order valence-electron chi connectivity index (χ3n) is 9.88. The maximum absolute atomic E-state index is 13.6. The number of rotatable bonds is 28. The second-order valence-electron chi connectivity index (χ2n) is 17.2. The Morgan fingerprint density at radius 2 is 0.985 bits per heavy atom. The van der Waals surface area contributed by atoms with E-state index in [0.717, 1.165) is 0 Å². The molecule has 0 heterocycles. The first-order valence-corrected chi connectivity index (χ1v) is 21.7. The lowest BCUT2D eigenvalue weighted by molar-refractivity contribution is -0.144. The molecule has 1 rings (SSSR count). The fraction of sp³-hybridized carbons (Fsp3) is 0.581. The first-order chi connectivity index (χ1) is 31.5. The average Bonchev–Trinajstić information content (AvgIpc) is 3.22. The maximum Gasteiger partial charge on any atom is 0.326 e. The van der Waals surface area contributed by atoms with Crippen molar-refractivity contribution in [2.24, 2.45) is 23.5 Å². The van der Waals surface area contributed by atoms with Gasteiger partial charge in [-0.25, -0.2) is 4.79 Å². The third kappa shape index (κ3) is 21.3. The number of hydrogen-bond donors (Lipinski definition) is 13. The van der Waals surface area contributed by atoms with Crippen LogP contribution in [0.25, 0.3) is 0 Å². The predicted octanol–water partition coefficient (Wildman–Crippen LogP) is -3.22. The van der Waals surface area contributed by atoms with Gasteiger partial charge in [-0.15, -0.1) is 0 Å². The summed E-state index contributed by atoms with van der Waals surface area (Å²) in [5.41, 5.74) is 5.93. The molecule has 0 aliphatic carbocycles. The molecule has 68 heavy (non-hydrogen) atoms. The van der Waals surface area contributed by atoms with E-state index in [0.29, 0.717) is 5.56 Å². The van der Waals surface area contributed by atoms with Gasteiger partial charge >= 0.3 is 11.9 Å². The van der Waals surface area contributed by atoms with Crippen molar-refractivity contribution >= 4 is 71.0 Å². The normalized spacial score (nSPS) is 14.5. The lowest BCUT2D eigenvalue weighted by Gasteiger charge is -2.29. The predicted molar refractivity (Wildman–Crippen MR) is 240 cm³/mol. The van der Waals surface area contributed by atoms with Gasteiger partial charge in [0, 0.05) is 13.3 Å². The van der Waals surface area contributed by atoms with Gasteiger partial charge in [0.15, 0.2) is 0 Å². The zero-order valence-electron chi connectivity index (χ0n) is 39.5. The third-order valence-corrected chi connectivity index (χ3v) is 9.88. The van der Waals surface area contributed by atoms with Gasteiger partial charge < -0.3 is 68.9 Å². The molecule has 0 radical (unpaired) electrons. The SMILES string of the molecule is CC(=O)N[C@H](Cc1ccc(O)cc1)C(=O)N[C@@H](C)C(=O)NCC(=O)N[C@@H](C)C(=O)N[C@H](C(=O)N[C@H](C(=O)N[C@@H](CC(N)=O)C(=O)N[C@@H](CC(=O)O)C(=O)N[C@@H](CC(C)C)C(=O)O)C(C)C)C(C)C. The second kappa shape index (κ2) is 28.0. The van der Waals surface area contributed by atoms with Crippen molar-refractivity contribution in [3.05, 3.63) is 29.8 Å². The fourth-order valence-corrected chi connectivity index (χ4v) is 6.27. The first kappa shape index (κ1) is 58.7. The van der Waals surface area contributed by atoms with Gasteiger partial charge in [0.2, 0.25) is 59.1 Å². The molecule has 14 N–H and O–H groups in total. The number of nitrogens with one attached hydrogen (secondary N) is 9. The van der Waals surface area contributed by atoms with Crippen LogP contribution in [0.1, 0.15) is 87.1 Å². The summed E-state index contributed by atoms with van der Waals surface area (Å²) in [4.78, 5) is 152. The molecule has 0 saturated heterocycles. The Bertz CT molecular complexity index is 2010. The number of carboxylic acid groups (broad SMARTS) is 2. The topological polar surface area (TPSA) is 400 Å². The Hall–Kier alpha value is -7.34. The maximum atomic E-state index is 13.6. The summed E-state index contributed by atoms with van der Waals surface area (Å²) in [5, 5.41) is 49.7. The van der Waals surface area contributed by atoms with Gasteiger partial charge in [-0.1, -0.05) is 53.7 Å². The Morgan fingerprint density at radius 3 is 1.46 bits per heavy atom. The van der Waals surface area contributed by atoms with Crippen LogP contribution in [0.4, 0.5) is 0 Å². The highest BCUT2D eigenvalue weighted by atomic mass is 16.4. The molecule has 25 heteroatoms. The van der Waals surface area contributed by atoms with Gasteiger partial charge in [-0.05, 0) is 55.7 Å². The van der Waals surface area contributed by atoms with Crippen LogP contribution in [0.2, 0.25) is 0 Å². The number of nitrogens with two attached hydrogens (primary N) is 1. The molecule has 0 aliphatic rings. The van der Waals surface area contributed by atoms with E-state index in [1.54, 1.807) is 39.8 Å². The zero-order chi connectivity index (χ0) is 52.2. The minimum atomic E-state index is -1.85. The van der Waals surface area contributed by atoms with E-state index in [1.807, 2.05) is 0 Å². The summed E-state index contributed by atoms with van der Waals surface area (Å²) < 4.78 is 0. The smallest absolute Gasteiger partial charge is 0.326 e. The van der Waals surface area contributed by atoms with Crippen LogP contribution in [-0.2, 0) is 64.0 Å². The first-order valence-electron chi connectivity index (χ1n) is 21.7. The lowest BCUT2D eigenvalue weighted by Crippen LogP contribution is -2.61. The van der Waals surface area contributed by atoms with Crippen LogP contribution in [0.15, 0.2) is 24.3 Å². The minimum Gasteiger partial charge on any atom is -0.508 e. The van der Waals surface area contributed by atoms with Crippen molar-refractivity contribution in [3.63, 3.8) is 0 Å². The summed E-state index contributed by atoms with van der Waals surface area (Å²) in [6, 6.07) is -5.46. The molecule has 0 saturated carbocycles. The highest BCUT2D eigenvalue weighted by Gasteiger charge is 2.36. The number of carbonyl (C=O) groups excluding carboxylic acids is 10. The largest absolute Gasteiger partial charge is 0.508 e. The molecule has 0 spiro atoms. The zero-order valence-corrected chi connectivity index (χ0v) is 39.5. The van der Waals surface area contributed by atoms with Crippen LogP contribution in [-0.4, -0.2) is 141 Å². The fourth-order valence-electron chi connectivity index (χ4n) is 6.27. The summed E-state index contributed by atoms with van der Waals surface area (Å²) >= 11 is 0. The van der Waals surface area contributed by atoms with Crippen LogP contribution in [0, 0.1) is 17.8 Å². The van der Waals surface area contributed by atoms with E-state index < -0.39 is 151 Å². The van der Waals surface area contributed by atoms with Crippen molar-refractivity contribution in [2.45, 2.75) is 136 Å². The standard InChI is InChI=1S/C43H66N10O15/c1-19(2)14-30(43(67)68)51-40(64)29(17-33(58)59)49-39(63)28(16-31(44)56)50-41(65)34(20(3)4)53-42(66)35(21(5)6)52-37(61)23(8)46-32(57)18-45-36(60)22(7)47-38(62)27(48-24(9)54)15-25-10-12-26(55)13-11-25/h10-13,19-23,27-30,34-35,55H,14-18H2,1-9H3,(H2,44,56)(H,45,60)(H,46,57)(H,47,62)(H,48,54)(H,49,63)(H,50,65)(H,51,64)(H,52,61)(H,53,66)(H,58,59)(H,67,68)/t22-,23-,27+,28-,29-,30-,34-,35-/m0/s1. The molecule has 1 aromatic carbocycles.